The van der Waals surface area contributed by atoms with E-state index in [1.165, 1.54) is 0 Å². The van der Waals surface area contributed by atoms with Crippen LogP contribution in [0.25, 0.3) is 0 Å². The number of aromatic nitrogens is 1. The fraction of sp³-hybridized carbons (Fsp3) is 0.538. The Morgan fingerprint density at radius 3 is 3.00 bits per heavy atom. The first kappa shape index (κ1) is 13.2. The molecule has 3 N–H and O–H groups in total. The van der Waals surface area contributed by atoms with E-state index in [0.29, 0.717) is 17.0 Å². The molecule has 5 heteroatoms. The van der Waals surface area contributed by atoms with Gasteiger partial charge in [0.05, 0.1) is 6.10 Å². The van der Waals surface area contributed by atoms with Crippen molar-refractivity contribution in [2.24, 2.45) is 11.7 Å². The van der Waals surface area contributed by atoms with Crippen LogP contribution in [0.2, 0.25) is 0 Å². The van der Waals surface area contributed by atoms with E-state index in [0.717, 1.165) is 36.6 Å². The Morgan fingerprint density at radius 2 is 2.39 bits per heavy atom. The number of anilines is 1. The molecule has 0 aromatic carbocycles. The van der Waals surface area contributed by atoms with Gasteiger partial charge >= 0.3 is 0 Å². The molecule has 2 heterocycles. The molecule has 0 bridgehead atoms. The van der Waals surface area contributed by atoms with Crippen LogP contribution in [0.4, 0.5) is 5.82 Å². The average Bonchev–Trinajstić information content (AvgIpc) is 2.71. The van der Waals surface area contributed by atoms with Crippen LogP contribution in [0.3, 0.4) is 0 Å². The molecule has 0 radical (unpaired) electrons. The van der Waals surface area contributed by atoms with Crippen molar-refractivity contribution < 1.29 is 4.74 Å². The number of hydrogen-bond donors (Lipinski definition) is 2. The highest BCUT2D eigenvalue weighted by Gasteiger charge is 2.23. The van der Waals surface area contributed by atoms with Crippen molar-refractivity contribution in [1.82, 2.24) is 4.98 Å². The van der Waals surface area contributed by atoms with Gasteiger partial charge in [-0.1, -0.05) is 12.2 Å². The van der Waals surface area contributed by atoms with Gasteiger partial charge < -0.3 is 15.8 Å². The maximum absolute atomic E-state index is 5.65. The monoisotopic (exact) mass is 265 g/mol. The first-order chi connectivity index (χ1) is 8.56. The van der Waals surface area contributed by atoms with Crippen LogP contribution in [0, 0.1) is 12.8 Å². The van der Waals surface area contributed by atoms with E-state index in [1.807, 2.05) is 19.1 Å². The maximum atomic E-state index is 5.65. The second-order valence-corrected chi connectivity index (χ2v) is 5.19. The quantitative estimate of drug-likeness (QED) is 0.814. The van der Waals surface area contributed by atoms with Gasteiger partial charge in [0, 0.05) is 30.3 Å². The van der Waals surface area contributed by atoms with Crippen molar-refractivity contribution in [1.29, 1.82) is 0 Å². The molecular weight excluding hydrogens is 246 g/mol. The van der Waals surface area contributed by atoms with Crippen LogP contribution < -0.4 is 11.1 Å². The van der Waals surface area contributed by atoms with Crippen LogP contribution in [-0.4, -0.2) is 29.2 Å². The van der Waals surface area contributed by atoms with E-state index in [1.54, 1.807) is 0 Å². The molecule has 1 saturated heterocycles. The molecular formula is C13H19N3OS. The molecule has 1 aliphatic heterocycles. The standard InChI is InChI=1S/C13H19N3OS/c1-8-5-11(13(14)18)6-12(16-8)15-7-10-3-4-17-9(10)2/h5-6,9-10H,3-4,7H2,1-2H3,(H2,14,18)(H,15,16). The zero-order valence-corrected chi connectivity index (χ0v) is 11.6. The topological polar surface area (TPSA) is 60.2 Å². The summed E-state index contributed by atoms with van der Waals surface area (Å²) in [6, 6.07) is 3.80. The van der Waals surface area contributed by atoms with Crippen LogP contribution in [0.15, 0.2) is 12.1 Å². The van der Waals surface area contributed by atoms with E-state index >= 15 is 0 Å². The molecule has 2 rings (SSSR count). The van der Waals surface area contributed by atoms with Gasteiger partial charge in [-0.3, -0.25) is 0 Å². The molecule has 2 atom stereocenters. The van der Waals surface area contributed by atoms with Gasteiger partial charge in [-0.2, -0.15) is 0 Å². The second-order valence-electron chi connectivity index (χ2n) is 4.75. The Hall–Kier alpha value is -1.20. The Labute approximate surface area is 113 Å². The highest BCUT2D eigenvalue weighted by atomic mass is 32.1. The third-order valence-corrected chi connectivity index (χ3v) is 3.55. The summed E-state index contributed by atoms with van der Waals surface area (Å²) in [5, 5.41) is 3.35. The van der Waals surface area contributed by atoms with Gasteiger partial charge in [-0.05, 0) is 32.4 Å². The number of nitrogens with one attached hydrogen (secondary N) is 1. The zero-order chi connectivity index (χ0) is 13.1. The van der Waals surface area contributed by atoms with E-state index in [2.05, 4.69) is 17.2 Å². The summed E-state index contributed by atoms with van der Waals surface area (Å²) in [4.78, 5) is 4.84. The molecule has 0 spiro atoms. The summed E-state index contributed by atoms with van der Waals surface area (Å²) >= 11 is 4.99. The number of rotatable bonds is 4. The lowest BCUT2D eigenvalue weighted by Gasteiger charge is -2.15. The minimum atomic E-state index is 0.317. The van der Waals surface area contributed by atoms with Crippen LogP contribution in [0.5, 0.6) is 0 Å². The van der Waals surface area contributed by atoms with Crippen LogP contribution in [0.1, 0.15) is 24.6 Å². The third-order valence-electron chi connectivity index (χ3n) is 3.32. The predicted octanol–water partition coefficient (Wildman–Crippen LogP) is 1.86. The van der Waals surface area contributed by atoms with Gasteiger partial charge in [0.1, 0.15) is 10.8 Å². The van der Waals surface area contributed by atoms with Gasteiger partial charge in [-0.25, -0.2) is 4.98 Å². The van der Waals surface area contributed by atoms with Crippen molar-refractivity contribution in [2.45, 2.75) is 26.4 Å². The second kappa shape index (κ2) is 5.63. The van der Waals surface area contributed by atoms with Gasteiger partial charge in [0.15, 0.2) is 0 Å². The van der Waals surface area contributed by atoms with Gasteiger partial charge in [0.2, 0.25) is 0 Å². The average molecular weight is 265 g/mol. The van der Waals surface area contributed by atoms with Crippen molar-refractivity contribution in [3.8, 4) is 0 Å². The molecule has 1 aliphatic rings. The number of ether oxygens (including phenoxy) is 1. The molecule has 98 valence electrons. The first-order valence-electron chi connectivity index (χ1n) is 6.20. The Bertz CT molecular complexity index is 450. The predicted molar refractivity (Wildman–Crippen MR) is 76.9 cm³/mol. The van der Waals surface area contributed by atoms with Crippen molar-refractivity contribution in [3.05, 3.63) is 23.4 Å². The summed E-state index contributed by atoms with van der Waals surface area (Å²) in [6.07, 6.45) is 1.42. The molecule has 0 saturated carbocycles. The lowest BCUT2D eigenvalue weighted by atomic mass is 10.0. The lowest BCUT2D eigenvalue weighted by molar-refractivity contribution is 0.108. The largest absolute Gasteiger partial charge is 0.389 e. The number of pyridine rings is 1. The third kappa shape index (κ3) is 3.17. The van der Waals surface area contributed by atoms with E-state index in [4.69, 9.17) is 22.7 Å². The highest BCUT2D eigenvalue weighted by Crippen LogP contribution is 2.21. The molecule has 1 aromatic rings. The molecule has 18 heavy (non-hydrogen) atoms. The first-order valence-corrected chi connectivity index (χ1v) is 6.61. The molecule has 1 fully saturated rings. The number of aryl methyl sites for hydroxylation is 1. The lowest BCUT2D eigenvalue weighted by Crippen LogP contribution is -2.21. The van der Waals surface area contributed by atoms with Crippen molar-refractivity contribution in [2.75, 3.05) is 18.5 Å². The Morgan fingerprint density at radius 1 is 1.61 bits per heavy atom. The van der Waals surface area contributed by atoms with Crippen molar-refractivity contribution >= 4 is 23.0 Å². The number of nitrogens with two attached hydrogens (primary N) is 1. The SMILES string of the molecule is Cc1cc(C(N)=S)cc(NCC2CCOC2C)n1. The molecule has 0 aliphatic carbocycles. The van der Waals surface area contributed by atoms with Crippen LogP contribution >= 0.6 is 12.2 Å². The minimum absolute atomic E-state index is 0.317. The van der Waals surface area contributed by atoms with E-state index in [9.17, 15) is 0 Å². The van der Waals surface area contributed by atoms with Crippen molar-refractivity contribution in [3.63, 3.8) is 0 Å². The Kier molecular flexibility index (Phi) is 4.14. The van der Waals surface area contributed by atoms with E-state index < -0.39 is 0 Å². The summed E-state index contributed by atoms with van der Waals surface area (Å²) in [5.74, 6) is 1.37. The highest BCUT2D eigenvalue weighted by molar-refractivity contribution is 7.80. The fourth-order valence-electron chi connectivity index (χ4n) is 2.18. The number of thiocarbonyl (C=S) groups is 1. The summed E-state index contributed by atoms with van der Waals surface area (Å²) < 4.78 is 5.54. The van der Waals surface area contributed by atoms with Gasteiger partial charge in [-0.15, -0.1) is 0 Å². The number of hydrogen-bond acceptors (Lipinski definition) is 4. The summed E-state index contributed by atoms with van der Waals surface area (Å²) in [6.45, 7) is 5.78. The molecule has 2 unspecified atom stereocenters. The zero-order valence-electron chi connectivity index (χ0n) is 10.8. The van der Waals surface area contributed by atoms with Gasteiger partial charge in [0.25, 0.3) is 0 Å². The normalized spacial score (nSPS) is 23.0. The minimum Gasteiger partial charge on any atom is -0.389 e. The summed E-state index contributed by atoms with van der Waals surface area (Å²) in [7, 11) is 0. The smallest absolute Gasteiger partial charge is 0.126 e. The van der Waals surface area contributed by atoms with E-state index in [-0.39, 0.29) is 0 Å². The van der Waals surface area contributed by atoms with Crippen LogP contribution in [-0.2, 0) is 4.74 Å². The fourth-order valence-corrected chi connectivity index (χ4v) is 2.30. The molecule has 4 nitrogen and oxygen atoms in total. The Balaban J connectivity index is 2.02. The maximum Gasteiger partial charge on any atom is 0.126 e. The molecule has 1 aromatic heterocycles. The summed E-state index contributed by atoms with van der Waals surface area (Å²) in [5.41, 5.74) is 7.42. The molecule has 0 amide bonds. The number of nitrogens with zero attached hydrogens (tertiary/aromatic N) is 1.